The molecule has 0 atom stereocenters. The molecule has 0 aliphatic carbocycles. The minimum absolute atomic E-state index is 0.0131. The summed E-state index contributed by atoms with van der Waals surface area (Å²) < 4.78 is 0. The molecule has 1 fully saturated rings. The van der Waals surface area contributed by atoms with E-state index in [0.29, 0.717) is 32.7 Å². The van der Waals surface area contributed by atoms with Crippen LogP contribution in [-0.2, 0) is 9.59 Å². The van der Waals surface area contributed by atoms with Gasteiger partial charge in [-0.1, -0.05) is 24.8 Å². The molecular formula is C17H23N3O2. The fraction of sp³-hybridized carbons (Fsp3) is 0.412. The molecule has 1 aliphatic heterocycles. The van der Waals surface area contributed by atoms with Crippen molar-refractivity contribution in [2.45, 2.75) is 13.8 Å². The summed E-state index contributed by atoms with van der Waals surface area (Å²) in [6.07, 6.45) is 1.34. The lowest BCUT2D eigenvalue weighted by atomic mass is 10.1. The molecule has 1 aromatic rings. The second kappa shape index (κ2) is 7.22. The van der Waals surface area contributed by atoms with Gasteiger partial charge in [0.1, 0.15) is 0 Å². The number of aryl methyl sites for hydroxylation is 2. The monoisotopic (exact) mass is 301 g/mol. The number of amides is 2. The molecule has 5 nitrogen and oxygen atoms in total. The molecule has 1 aromatic carbocycles. The Hall–Kier alpha value is -2.14. The number of benzene rings is 1. The Morgan fingerprint density at radius 3 is 2.32 bits per heavy atom. The number of para-hydroxylation sites is 1. The van der Waals surface area contributed by atoms with Crippen molar-refractivity contribution in [3.05, 3.63) is 42.0 Å². The Kier molecular flexibility index (Phi) is 5.33. The minimum Gasteiger partial charge on any atom is -0.337 e. The maximum atomic E-state index is 12.2. The zero-order valence-electron chi connectivity index (χ0n) is 13.3. The van der Waals surface area contributed by atoms with Crippen molar-refractivity contribution in [2.24, 2.45) is 0 Å². The average molecular weight is 301 g/mol. The van der Waals surface area contributed by atoms with E-state index in [-0.39, 0.29) is 11.8 Å². The number of carbonyl (C=O) groups is 2. The van der Waals surface area contributed by atoms with E-state index < -0.39 is 0 Å². The smallest absolute Gasteiger partial charge is 0.246 e. The van der Waals surface area contributed by atoms with Gasteiger partial charge in [-0.05, 0) is 31.1 Å². The highest BCUT2D eigenvalue weighted by molar-refractivity contribution is 5.93. The molecule has 1 saturated heterocycles. The van der Waals surface area contributed by atoms with Crippen LogP contribution >= 0.6 is 0 Å². The van der Waals surface area contributed by atoms with Gasteiger partial charge in [-0.25, -0.2) is 0 Å². The third kappa shape index (κ3) is 3.95. The molecule has 2 rings (SSSR count). The van der Waals surface area contributed by atoms with Gasteiger partial charge in [0.25, 0.3) is 0 Å². The number of carbonyl (C=O) groups excluding carboxylic acids is 2. The molecule has 0 saturated carbocycles. The van der Waals surface area contributed by atoms with Crippen molar-refractivity contribution < 1.29 is 9.59 Å². The Balaban J connectivity index is 1.86. The number of hydrogen-bond acceptors (Lipinski definition) is 3. The molecule has 0 bridgehead atoms. The molecular weight excluding hydrogens is 278 g/mol. The van der Waals surface area contributed by atoms with Gasteiger partial charge in [-0.2, -0.15) is 0 Å². The number of hydrogen-bond donors (Lipinski definition) is 1. The van der Waals surface area contributed by atoms with E-state index in [9.17, 15) is 9.59 Å². The third-order valence-electron chi connectivity index (χ3n) is 3.97. The van der Waals surface area contributed by atoms with Gasteiger partial charge >= 0.3 is 0 Å². The summed E-state index contributed by atoms with van der Waals surface area (Å²) in [6.45, 7) is 10.5. The second-order valence-electron chi connectivity index (χ2n) is 5.62. The van der Waals surface area contributed by atoms with Crippen LogP contribution in [0.3, 0.4) is 0 Å². The quantitative estimate of drug-likeness (QED) is 0.859. The largest absolute Gasteiger partial charge is 0.337 e. The molecule has 22 heavy (non-hydrogen) atoms. The van der Waals surface area contributed by atoms with E-state index in [0.717, 1.165) is 16.8 Å². The van der Waals surface area contributed by atoms with Gasteiger partial charge in [0, 0.05) is 31.9 Å². The van der Waals surface area contributed by atoms with Gasteiger partial charge in [0.05, 0.1) is 6.54 Å². The summed E-state index contributed by atoms with van der Waals surface area (Å²) >= 11 is 0. The van der Waals surface area contributed by atoms with Crippen molar-refractivity contribution in [2.75, 3.05) is 38.0 Å². The van der Waals surface area contributed by atoms with Crippen molar-refractivity contribution in [1.82, 2.24) is 9.80 Å². The summed E-state index contributed by atoms with van der Waals surface area (Å²) in [4.78, 5) is 27.6. The molecule has 118 valence electrons. The van der Waals surface area contributed by atoms with E-state index in [1.807, 2.05) is 32.0 Å². The SMILES string of the molecule is C=CC(=O)N1CCN(CC(=O)Nc2c(C)cccc2C)CC1. The van der Waals surface area contributed by atoms with Crippen molar-refractivity contribution in [3.8, 4) is 0 Å². The van der Waals surface area contributed by atoms with Crippen LogP contribution < -0.4 is 5.32 Å². The molecule has 0 aromatic heterocycles. The number of anilines is 1. The third-order valence-corrected chi connectivity index (χ3v) is 3.97. The van der Waals surface area contributed by atoms with Crippen molar-refractivity contribution in [1.29, 1.82) is 0 Å². The molecule has 0 spiro atoms. The number of nitrogens with one attached hydrogen (secondary N) is 1. The molecule has 1 N–H and O–H groups in total. The fourth-order valence-corrected chi connectivity index (χ4v) is 2.65. The first-order valence-corrected chi connectivity index (χ1v) is 7.51. The summed E-state index contributed by atoms with van der Waals surface area (Å²) in [5.41, 5.74) is 3.03. The molecule has 1 heterocycles. The molecule has 2 amide bonds. The maximum Gasteiger partial charge on any atom is 0.246 e. The Morgan fingerprint density at radius 2 is 1.77 bits per heavy atom. The van der Waals surface area contributed by atoms with E-state index in [2.05, 4.69) is 16.8 Å². The predicted molar refractivity (Wildman–Crippen MR) is 87.8 cm³/mol. The molecule has 0 unspecified atom stereocenters. The zero-order chi connectivity index (χ0) is 16.1. The topological polar surface area (TPSA) is 52.7 Å². The normalized spacial score (nSPS) is 15.5. The Bertz CT molecular complexity index is 555. The number of nitrogens with zero attached hydrogens (tertiary/aromatic N) is 2. The fourth-order valence-electron chi connectivity index (χ4n) is 2.65. The number of piperazine rings is 1. The lowest BCUT2D eigenvalue weighted by Gasteiger charge is -2.33. The average Bonchev–Trinajstić information content (AvgIpc) is 2.51. The van der Waals surface area contributed by atoms with Crippen LogP contribution in [-0.4, -0.2) is 54.3 Å². The van der Waals surface area contributed by atoms with E-state index in [4.69, 9.17) is 0 Å². The van der Waals surface area contributed by atoms with Gasteiger partial charge in [-0.3, -0.25) is 14.5 Å². The molecule has 5 heteroatoms. The van der Waals surface area contributed by atoms with Gasteiger partial charge in [-0.15, -0.1) is 0 Å². The predicted octanol–water partition coefficient (Wildman–Crippen LogP) is 1.57. The van der Waals surface area contributed by atoms with Crippen LogP contribution in [0, 0.1) is 13.8 Å². The van der Waals surface area contributed by atoms with Crippen molar-refractivity contribution >= 4 is 17.5 Å². The highest BCUT2D eigenvalue weighted by atomic mass is 16.2. The summed E-state index contributed by atoms with van der Waals surface area (Å²) in [6, 6.07) is 5.96. The summed E-state index contributed by atoms with van der Waals surface area (Å²) in [5.74, 6) is -0.0551. The summed E-state index contributed by atoms with van der Waals surface area (Å²) in [7, 11) is 0. The maximum absolute atomic E-state index is 12.2. The molecule has 1 aliphatic rings. The highest BCUT2D eigenvalue weighted by Crippen LogP contribution is 2.19. The molecule has 0 radical (unpaired) electrons. The van der Waals surface area contributed by atoms with E-state index in [1.54, 1.807) is 4.90 Å². The first-order chi connectivity index (χ1) is 10.5. The van der Waals surface area contributed by atoms with Gasteiger partial charge < -0.3 is 10.2 Å². The Labute approximate surface area is 131 Å². The lowest BCUT2D eigenvalue weighted by molar-refractivity contribution is -0.128. The van der Waals surface area contributed by atoms with Crippen LogP contribution in [0.1, 0.15) is 11.1 Å². The van der Waals surface area contributed by atoms with E-state index >= 15 is 0 Å². The highest BCUT2D eigenvalue weighted by Gasteiger charge is 2.21. The van der Waals surface area contributed by atoms with Crippen molar-refractivity contribution in [3.63, 3.8) is 0 Å². The van der Waals surface area contributed by atoms with Crippen LogP contribution in [0.2, 0.25) is 0 Å². The van der Waals surface area contributed by atoms with Gasteiger partial charge in [0.2, 0.25) is 11.8 Å². The van der Waals surface area contributed by atoms with E-state index in [1.165, 1.54) is 6.08 Å². The first-order valence-electron chi connectivity index (χ1n) is 7.51. The van der Waals surface area contributed by atoms with Crippen LogP contribution in [0.25, 0.3) is 0 Å². The summed E-state index contributed by atoms with van der Waals surface area (Å²) in [5, 5.41) is 2.99. The standard InChI is InChI=1S/C17H23N3O2/c1-4-16(22)20-10-8-19(9-11-20)12-15(21)18-17-13(2)6-5-7-14(17)3/h4-7H,1,8-12H2,2-3H3,(H,18,21). The van der Waals surface area contributed by atoms with Gasteiger partial charge in [0.15, 0.2) is 0 Å². The van der Waals surface area contributed by atoms with Crippen LogP contribution in [0.5, 0.6) is 0 Å². The minimum atomic E-state index is -0.0420. The lowest BCUT2D eigenvalue weighted by Crippen LogP contribution is -2.50. The first kappa shape index (κ1) is 16.2. The zero-order valence-corrected chi connectivity index (χ0v) is 13.3. The second-order valence-corrected chi connectivity index (χ2v) is 5.62. The Morgan fingerprint density at radius 1 is 1.18 bits per heavy atom. The van der Waals surface area contributed by atoms with Crippen LogP contribution in [0.15, 0.2) is 30.9 Å². The number of rotatable bonds is 4. The van der Waals surface area contributed by atoms with Crippen LogP contribution in [0.4, 0.5) is 5.69 Å².